The van der Waals surface area contributed by atoms with E-state index in [0.717, 1.165) is 4.47 Å². The Morgan fingerprint density at radius 3 is 2.64 bits per heavy atom. The quantitative estimate of drug-likeness (QED) is 0.676. The Morgan fingerprint density at radius 1 is 1.25 bits per heavy atom. The average Bonchev–Trinajstić information content (AvgIpc) is 3.04. The van der Waals surface area contributed by atoms with Crippen LogP contribution in [0.3, 0.4) is 0 Å². The minimum absolute atomic E-state index is 0.0314. The van der Waals surface area contributed by atoms with Crippen molar-refractivity contribution in [2.24, 2.45) is 5.92 Å². The van der Waals surface area contributed by atoms with Gasteiger partial charge in [0.2, 0.25) is 5.91 Å². The molecule has 2 amide bonds. The van der Waals surface area contributed by atoms with Crippen LogP contribution in [0.1, 0.15) is 6.42 Å². The molecule has 1 unspecified atom stereocenters. The van der Waals surface area contributed by atoms with Crippen molar-refractivity contribution in [1.82, 2.24) is 0 Å². The lowest BCUT2D eigenvalue weighted by Gasteiger charge is -2.16. The second-order valence-electron chi connectivity index (χ2n) is 6.16. The third-order valence-corrected chi connectivity index (χ3v) is 4.95. The van der Waals surface area contributed by atoms with Gasteiger partial charge in [-0.25, -0.2) is 4.39 Å². The lowest BCUT2D eigenvalue weighted by molar-refractivity contribution is -0.151. The summed E-state index contributed by atoms with van der Waals surface area (Å²) in [6.07, 6.45) is -0.0314. The number of nitrogens with zero attached hydrogens (tertiary/aromatic N) is 1. The maximum Gasteiger partial charge on any atom is 0.311 e. The summed E-state index contributed by atoms with van der Waals surface area (Å²) in [5, 5.41) is 2.89. The molecule has 1 N–H and O–H groups in total. The summed E-state index contributed by atoms with van der Waals surface area (Å²) in [5.41, 5.74) is 0.897. The zero-order chi connectivity index (χ0) is 20.3. The number of hydrogen-bond acceptors (Lipinski definition) is 4. The van der Waals surface area contributed by atoms with Gasteiger partial charge in [-0.1, -0.05) is 27.5 Å². The summed E-state index contributed by atoms with van der Waals surface area (Å²) in [4.78, 5) is 37.7. The molecule has 9 heteroatoms. The van der Waals surface area contributed by atoms with E-state index in [1.807, 2.05) is 0 Å². The normalized spacial score (nSPS) is 16.2. The zero-order valence-corrected chi connectivity index (χ0v) is 16.8. The van der Waals surface area contributed by atoms with E-state index in [1.54, 1.807) is 18.2 Å². The Kier molecular flexibility index (Phi) is 6.31. The molecule has 1 atom stereocenters. The molecule has 0 radical (unpaired) electrons. The van der Waals surface area contributed by atoms with Crippen LogP contribution in [-0.2, 0) is 19.1 Å². The number of ether oxygens (including phenoxy) is 1. The van der Waals surface area contributed by atoms with Gasteiger partial charge in [0.25, 0.3) is 5.91 Å². The van der Waals surface area contributed by atoms with Gasteiger partial charge < -0.3 is 15.0 Å². The van der Waals surface area contributed by atoms with Crippen LogP contribution < -0.4 is 10.2 Å². The molecule has 3 rings (SSSR count). The Balaban J connectivity index is 1.53. The molecule has 1 heterocycles. The van der Waals surface area contributed by atoms with Gasteiger partial charge in [0.15, 0.2) is 6.61 Å². The van der Waals surface area contributed by atoms with Gasteiger partial charge in [-0.15, -0.1) is 0 Å². The van der Waals surface area contributed by atoms with Crippen LogP contribution in [0.25, 0.3) is 0 Å². The fourth-order valence-electron chi connectivity index (χ4n) is 2.77. The Bertz CT molecular complexity index is 923. The van der Waals surface area contributed by atoms with Crippen LogP contribution >= 0.6 is 27.5 Å². The first kappa shape index (κ1) is 20.3. The van der Waals surface area contributed by atoms with Gasteiger partial charge >= 0.3 is 5.97 Å². The molecule has 0 aromatic heterocycles. The third kappa shape index (κ3) is 4.88. The van der Waals surface area contributed by atoms with E-state index < -0.39 is 30.2 Å². The largest absolute Gasteiger partial charge is 0.455 e. The molecule has 1 fully saturated rings. The first-order valence-corrected chi connectivity index (χ1v) is 9.48. The van der Waals surface area contributed by atoms with E-state index in [1.165, 1.54) is 29.2 Å². The van der Waals surface area contributed by atoms with Crippen LogP contribution in [0.15, 0.2) is 46.9 Å². The number of carbonyl (C=O) groups is 3. The Labute approximate surface area is 173 Å². The number of amides is 2. The molecule has 28 heavy (non-hydrogen) atoms. The second-order valence-corrected chi connectivity index (χ2v) is 7.48. The second kappa shape index (κ2) is 8.70. The van der Waals surface area contributed by atoms with E-state index in [4.69, 9.17) is 16.3 Å². The Hall–Kier alpha value is -2.45. The number of benzene rings is 2. The highest BCUT2D eigenvalue weighted by molar-refractivity contribution is 9.10. The molecule has 1 saturated heterocycles. The number of esters is 1. The predicted molar refractivity (Wildman–Crippen MR) is 106 cm³/mol. The molecule has 2 aromatic carbocycles. The van der Waals surface area contributed by atoms with Gasteiger partial charge in [-0.05, 0) is 42.5 Å². The number of rotatable bonds is 5. The number of nitrogens with one attached hydrogen (secondary N) is 1. The maximum atomic E-state index is 13.0. The summed E-state index contributed by atoms with van der Waals surface area (Å²) in [7, 11) is 0. The van der Waals surface area contributed by atoms with Gasteiger partial charge in [-0.3, -0.25) is 14.4 Å². The summed E-state index contributed by atoms with van der Waals surface area (Å²) < 4.78 is 18.8. The highest BCUT2D eigenvalue weighted by Crippen LogP contribution is 2.27. The van der Waals surface area contributed by atoms with Crippen molar-refractivity contribution in [3.63, 3.8) is 0 Å². The third-order valence-electron chi connectivity index (χ3n) is 4.15. The highest BCUT2D eigenvalue weighted by Gasteiger charge is 2.36. The molecule has 1 aliphatic rings. The maximum absolute atomic E-state index is 13.0. The first-order valence-electron chi connectivity index (χ1n) is 8.31. The molecular formula is C19H15BrClFN2O4. The molecular weight excluding hydrogens is 455 g/mol. The summed E-state index contributed by atoms with van der Waals surface area (Å²) in [6, 6.07) is 10.4. The van der Waals surface area contributed by atoms with E-state index in [9.17, 15) is 18.8 Å². The number of hydrogen-bond donors (Lipinski definition) is 1. The molecule has 0 bridgehead atoms. The summed E-state index contributed by atoms with van der Waals surface area (Å²) in [5.74, 6) is -2.56. The topological polar surface area (TPSA) is 75.7 Å². The molecule has 0 aliphatic carbocycles. The van der Waals surface area contributed by atoms with Gasteiger partial charge in [0.05, 0.1) is 16.6 Å². The zero-order valence-electron chi connectivity index (χ0n) is 14.5. The van der Waals surface area contributed by atoms with Crippen LogP contribution in [-0.4, -0.2) is 30.9 Å². The van der Waals surface area contributed by atoms with Crippen LogP contribution in [0, 0.1) is 11.7 Å². The SMILES string of the molecule is O=C(COC(=O)C1CC(=O)N(c2ccc(F)cc2)C1)Nc1ccc(Br)cc1Cl. The molecule has 0 saturated carbocycles. The lowest BCUT2D eigenvalue weighted by atomic mass is 10.1. The highest BCUT2D eigenvalue weighted by atomic mass is 79.9. The molecule has 2 aromatic rings. The summed E-state index contributed by atoms with van der Waals surface area (Å²) in [6.45, 7) is -0.379. The van der Waals surface area contributed by atoms with Crippen molar-refractivity contribution in [2.75, 3.05) is 23.4 Å². The van der Waals surface area contributed by atoms with Crippen molar-refractivity contribution in [3.05, 3.63) is 57.8 Å². The van der Waals surface area contributed by atoms with Gasteiger partial charge in [0, 0.05) is 23.1 Å². The smallest absolute Gasteiger partial charge is 0.311 e. The predicted octanol–water partition coefficient (Wildman–Crippen LogP) is 3.78. The minimum atomic E-state index is -0.693. The number of anilines is 2. The number of halogens is 3. The lowest BCUT2D eigenvalue weighted by Crippen LogP contribution is -2.28. The van der Waals surface area contributed by atoms with Gasteiger partial charge in [-0.2, -0.15) is 0 Å². The average molecular weight is 470 g/mol. The van der Waals surface area contributed by atoms with E-state index in [2.05, 4.69) is 21.2 Å². The van der Waals surface area contributed by atoms with Crippen LogP contribution in [0.5, 0.6) is 0 Å². The van der Waals surface area contributed by atoms with Crippen molar-refractivity contribution in [1.29, 1.82) is 0 Å². The first-order chi connectivity index (χ1) is 13.3. The van der Waals surface area contributed by atoms with Gasteiger partial charge in [0.1, 0.15) is 5.82 Å². The minimum Gasteiger partial charge on any atom is -0.455 e. The molecule has 6 nitrogen and oxygen atoms in total. The molecule has 146 valence electrons. The van der Waals surface area contributed by atoms with Crippen LogP contribution in [0.2, 0.25) is 5.02 Å². The van der Waals surface area contributed by atoms with Crippen molar-refractivity contribution in [3.8, 4) is 0 Å². The Morgan fingerprint density at radius 2 is 1.96 bits per heavy atom. The fourth-order valence-corrected chi connectivity index (χ4v) is 3.49. The number of carbonyl (C=O) groups excluding carboxylic acids is 3. The standard InChI is InChI=1S/C19H15BrClFN2O4/c20-12-1-6-16(15(21)8-12)23-17(25)10-28-19(27)11-7-18(26)24(9-11)14-4-2-13(22)3-5-14/h1-6,8,11H,7,9-10H2,(H,23,25). The monoisotopic (exact) mass is 468 g/mol. The van der Waals surface area contributed by atoms with E-state index in [0.29, 0.717) is 16.4 Å². The molecule has 0 spiro atoms. The van der Waals surface area contributed by atoms with Crippen molar-refractivity contribution >= 4 is 56.7 Å². The van der Waals surface area contributed by atoms with Crippen LogP contribution in [0.4, 0.5) is 15.8 Å². The van der Waals surface area contributed by atoms with Crippen molar-refractivity contribution < 1.29 is 23.5 Å². The van der Waals surface area contributed by atoms with E-state index in [-0.39, 0.29) is 18.9 Å². The van der Waals surface area contributed by atoms with E-state index >= 15 is 0 Å². The van der Waals surface area contributed by atoms with Crippen molar-refractivity contribution in [2.45, 2.75) is 6.42 Å². The fraction of sp³-hybridized carbons (Fsp3) is 0.211. The molecule has 1 aliphatic heterocycles. The summed E-state index contributed by atoms with van der Waals surface area (Å²) >= 11 is 9.28.